The van der Waals surface area contributed by atoms with Gasteiger partial charge in [0.1, 0.15) is 18.1 Å². The summed E-state index contributed by atoms with van der Waals surface area (Å²) in [5.74, 6) is -2.52. The number of carboxylic acids is 1. The summed E-state index contributed by atoms with van der Waals surface area (Å²) < 4.78 is 40.6. The number of carbonyl (C=O) groups is 1. The zero-order valence-electron chi connectivity index (χ0n) is 24.5. The molecule has 0 bridgehead atoms. The van der Waals surface area contributed by atoms with Gasteiger partial charge in [-0.25, -0.2) is 18.9 Å². The van der Waals surface area contributed by atoms with E-state index in [9.17, 15) is 18.7 Å². The normalized spacial score (nSPS) is 21.1. The lowest BCUT2D eigenvalue weighted by Gasteiger charge is -2.39. The minimum absolute atomic E-state index is 0.000870. The zero-order valence-corrected chi connectivity index (χ0v) is 24.5. The molecule has 0 amide bonds. The minimum Gasteiger partial charge on any atom is -0.488 e. The zero-order chi connectivity index (χ0) is 30.9. The quantitative estimate of drug-likeness (QED) is 0.104. The number of ether oxygens (including phenoxy) is 2. The van der Waals surface area contributed by atoms with Gasteiger partial charge in [0.2, 0.25) is 12.2 Å². The van der Waals surface area contributed by atoms with Crippen molar-refractivity contribution >= 4 is 23.6 Å². The maximum Gasteiger partial charge on any atom is 0.345 e. The molecule has 2 aromatic rings. The van der Waals surface area contributed by atoms with Gasteiger partial charge in [-0.2, -0.15) is 4.57 Å². The Morgan fingerprint density at radius 1 is 1.30 bits per heavy atom. The largest absolute Gasteiger partial charge is 0.488 e. The molecule has 226 valence electrons. The van der Waals surface area contributed by atoms with Gasteiger partial charge in [0.15, 0.2) is 5.57 Å². The molecule has 1 aromatic carbocycles. The Morgan fingerprint density at radius 2 is 2.07 bits per heavy atom. The number of hydrogen-bond donors (Lipinski definition) is 3. The summed E-state index contributed by atoms with van der Waals surface area (Å²) in [6.45, 7) is 14.5. The first kappa shape index (κ1) is 30.2. The van der Waals surface area contributed by atoms with Gasteiger partial charge in [0.25, 0.3) is 5.82 Å². The lowest BCUT2D eigenvalue weighted by molar-refractivity contribution is -0.750. The Bertz CT molecular complexity index is 1540. The summed E-state index contributed by atoms with van der Waals surface area (Å²) in [4.78, 5) is 13.9. The number of aromatic nitrogens is 1. The highest BCUT2D eigenvalue weighted by Crippen LogP contribution is 2.43. The van der Waals surface area contributed by atoms with Gasteiger partial charge in [0, 0.05) is 51.7 Å². The average molecular weight is 592 g/mol. The molecule has 1 unspecified atom stereocenters. The molecule has 2 aliphatic heterocycles. The van der Waals surface area contributed by atoms with E-state index in [1.54, 1.807) is 19.1 Å². The van der Waals surface area contributed by atoms with Crippen molar-refractivity contribution in [2.45, 2.75) is 58.4 Å². The van der Waals surface area contributed by atoms with Gasteiger partial charge in [-0.3, -0.25) is 4.90 Å². The summed E-state index contributed by atoms with van der Waals surface area (Å²) in [6.07, 6.45) is 2.71. The molecule has 1 atom stereocenters. The number of fused-ring (bicyclic) bond motifs is 2. The number of aliphatic carboxylic acids is 1. The van der Waals surface area contributed by atoms with Crippen LogP contribution < -0.4 is 9.88 Å². The standard InChI is InChI=1S/C33H36F2N4O4/c1-5-26(28-7-6-8-29-37-31(27(16-36)32(40)41)43-21(4)39(28)29)30(20(2)3)42-19-22-9-10-25-18-38(12-11-24(25)13-22)17-23-14-33(34,35)15-23/h5-10,13,16,21,23,36H,1-2,11-12,14-15,17-19H2,3-4H3,(H,40,41)/p+1/b30-26-,31-27-,36-16?. The lowest BCUT2D eigenvalue weighted by atomic mass is 9.80. The fourth-order valence-electron chi connectivity index (χ4n) is 6.05. The molecule has 1 aliphatic carbocycles. The van der Waals surface area contributed by atoms with E-state index in [0.717, 1.165) is 43.5 Å². The highest BCUT2D eigenvalue weighted by Gasteiger charge is 2.45. The third-order valence-electron chi connectivity index (χ3n) is 8.09. The molecule has 1 aromatic heterocycles. The number of pyridine rings is 1. The summed E-state index contributed by atoms with van der Waals surface area (Å²) in [5.41, 5.74) is 5.33. The van der Waals surface area contributed by atoms with Crippen LogP contribution in [0.1, 0.15) is 55.3 Å². The number of anilines is 1. The van der Waals surface area contributed by atoms with E-state index < -0.39 is 18.1 Å². The van der Waals surface area contributed by atoms with E-state index in [1.165, 1.54) is 11.1 Å². The number of benzene rings is 1. The van der Waals surface area contributed by atoms with Crippen LogP contribution in [0.3, 0.4) is 0 Å². The number of carboxylic acid groups (broad SMARTS) is 1. The van der Waals surface area contributed by atoms with Crippen molar-refractivity contribution in [2.24, 2.45) is 5.92 Å². The van der Waals surface area contributed by atoms with Gasteiger partial charge in [0.05, 0.1) is 5.57 Å². The SMILES string of the molecule is C=C/C(=C(/OCc1ccc2c(c1)CCN(CC1CC(F)(F)C1)C2)C(=C)C)c1cccc2[n+]1C(C)O/C(=C(/C=N)C(=O)O)N2. The smallest absolute Gasteiger partial charge is 0.345 e. The summed E-state index contributed by atoms with van der Waals surface area (Å²) >= 11 is 0. The Kier molecular flexibility index (Phi) is 8.50. The van der Waals surface area contributed by atoms with Crippen LogP contribution in [0.25, 0.3) is 5.57 Å². The number of allylic oxidation sites excluding steroid dienone is 3. The molecule has 3 heterocycles. The molecule has 3 aliphatic rings. The van der Waals surface area contributed by atoms with Gasteiger partial charge >= 0.3 is 11.9 Å². The Hall–Kier alpha value is -4.31. The van der Waals surface area contributed by atoms with Crippen LogP contribution in [0.15, 0.2) is 78.4 Å². The molecule has 0 spiro atoms. The molecule has 5 rings (SSSR count). The maximum atomic E-state index is 13.3. The van der Waals surface area contributed by atoms with Gasteiger partial charge in [-0.05, 0) is 53.7 Å². The van der Waals surface area contributed by atoms with Crippen LogP contribution in [0, 0.1) is 11.3 Å². The van der Waals surface area contributed by atoms with Crippen molar-refractivity contribution in [1.29, 1.82) is 5.41 Å². The number of nitrogens with one attached hydrogen (secondary N) is 2. The number of rotatable bonds is 10. The highest BCUT2D eigenvalue weighted by atomic mass is 19.3. The van der Waals surface area contributed by atoms with Crippen LogP contribution in [0.5, 0.6) is 0 Å². The number of alkyl halides is 2. The fraction of sp³-hybridized carbons (Fsp3) is 0.364. The van der Waals surface area contributed by atoms with Crippen molar-refractivity contribution in [1.82, 2.24) is 4.90 Å². The highest BCUT2D eigenvalue weighted by molar-refractivity contribution is 6.08. The number of nitrogens with zero attached hydrogens (tertiary/aromatic N) is 2. The summed E-state index contributed by atoms with van der Waals surface area (Å²) in [5, 5.41) is 19.9. The van der Waals surface area contributed by atoms with E-state index in [-0.39, 0.29) is 30.2 Å². The topological polar surface area (TPSA) is 98.8 Å². The molecule has 10 heteroatoms. The van der Waals surface area contributed by atoms with Gasteiger partial charge in [-0.15, -0.1) is 0 Å². The predicted octanol–water partition coefficient (Wildman–Crippen LogP) is 5.97. The van der Waals surface area contributed by atoms with Crippen LogP contribution >= 0.6 is 0 Å². The average Bonchev–Trinajstić information content (AvgIpc) is 2.94. The first-order valence-electron chi connectivity index (χ1n) is 14.3. The molecule has 43 heavy (non-hydrogen) atoms. The monoisotopic (exact) mass is 591 g/mol. The molecule has 1 saturated carbocycles. The van der Waals surface area contributed by atoms with E-state index in [2.05, 4.69) is 35.5 Å². The van der Waals surface area contributed by atoms with Crippen molar-refractivity contribution in [2.75, 3.05) is 18.4 Å². The summed E-state index contributed by atoms with van der Waals surface area (Å²) in [7, 11) is 0. The first-order valence-corrected chi connectivity index (χ1v) is 14.3. The molecule has 3 N–H and O–H groups in total. The first-order chi connectivity index (χ1) is 20.5. The molecule has 0 radical (unpaired) electrons. The Morgan fingerprint density at radius 3 is 2.72 bits per heavy atom. The van der Waals surface area contributed by atoms with Gasteiger partial charge in [-0.1, -0.05) is 37.4 Å². The second-order valence-electron chi connectivity index (χ2n) is 11.4. The third-order valence-corrected chi connectivity index (χ3v) is 8.09. The number of hydrogen-bond acceptors (Lipinski definition) is 6. The maximum absolute atomic E-state index is 13.3. The van der Waals surface area contributed by atoms with Crippen LogP contribution in [0.4, 0.5) is 14.6 Å². The summed E-state index contributed by atoms with van der Waals surface area (Å²) in [6, 6.07) is 11.8. The van der Waals surface area contributed by atoms with Gasteiger partial charge < -0.3 is 20.0 Å². The van der Waals surface area contributed by atoms with Crippen molar-refractivity contribution in [3.8, 4) is 0 Å². The van der Waals surface area contributed by atoms with Crippen LogP contribution in [-0.4, -0.2) is 41.2 Å². The van der Waals surface area contributed by atoms with Crippen molar-refractivity contribution < 1.29 is 32.7 Å². The third kappa shape index (κ3) is 6.39. The second kappa shape index (κ2) is 12.1. The number of halogens is 2. The van der Waals surface area contributed by atoms with Crippen LogP contribution in [0.2, 0.25) is 0 Å². The van der Waals surface area contributed by atoms with Crippen LogP contribution in [-0.2, 0) is 33.8 Å². The second-order valence-corrected chi connectivity index (χ2v) is 11.4. The molecule has 1 fully saturated rings. The molecule has 8 nitrogen and oxygen atoms in total. The molecular weight excluding hydrogens is 554 g/mol. The molecular formula is C33H37F2N4O4+. The Balaban J connectivity index is 1.35. The van der Waals surface area contributed by atoms with E-state index in [4.69, 9.17) is 14.9 Å². The van der Waals surface area contributed by atoms with E-state index >= 15 is 0 Å². The Labute approximate surface area is 250 Å². The van der Waals surface area contributed by atoms with Crippen molar-refractivity contribution in [3.63, 3.8) is 0 Å². The van der Waals surface area contributed by atoms with E-state index in [1.807, 2.05) is 29.7 Å². The fourth-order valence-corrected chi connectivity index (χ4v) is 6.05. The van der Waals surface area contributed by atoms with Crippen molar-refractivity contribution in [3.05, 3.63) is 101 Å². The lowest BCUT2D eigenvalue weighted by Crippen LogP contribution is -2.49. The molecule has 0 saturated heterocycles. The van der Waals surface area contributed by atoms with E-state index in [0.29, 0.717) is 29.3 Å². The predicted molar refractivity (Wildman–Crippen MR) is 159 cm³/mol. The minimum atomic E-state index is -2.48.